The summed E-state index contributed by atoms with van der Waals surface area (Å²) in [7, 11) is 0. The van der Waals surface area contributed by atoms with E-state index in [0.717, 1.165) is 0 Å². The van der Waals surface area contributed by atoms with Crippen LogP contribution in [0.15, 0.2) is 0 Å². The average Bonchev–Trinajstić information content (AvgIpc) is 2.49. The lowest BCUT2D eigenvalue weighted by molar-refractivity contribution is -0.530. The van der Waals surface area contributed by atoms with Gasteiger partial charge in [-0.15, -0.1) is 0 Å². The second kappa shape index (κ2) is 8.09. The summed E-state index contributed by atoms with van der Waals surface area (Å²) in [5.74, 6) is -46.4. The van der Waals surface area contributed by atoms with Gasteiger partial charge in [-0.2, -0.15) is 79.0 Å². The Labute approximate surface area is 177 Å². The van der Waals surface area contributed by atoms with Gasteiger partial charge in [0.2, 0.25) is 0 Å². The van der Waals surface area contributed by atoms with E-state index in [0.29, 0.717) is 20.8 Å². The van der Waals surface area contributed by atoms with Crippen molar-refractivity contribution in [2.45, 2.75) is 87.2 Å². The molecule has 206 valence electrons. The van der Waals surface area contributed by atoms with Crippen molar-refractivity contribution in [3.8, 4) is 0 Å². The van der Waals surface area contributed by atoms with E-state index in [2.05, 4.69) is 4.74 Å². The summed E-state index contributed by atoms with van der Waals surface area (Å²) in [6.07, 6.45) is -22.3. The van der Waals surface area contributed by atoms with Crippen LogP contribution in [0.25, 0.3) is 0 Å². The molecule has 34 heavy (non-hydrogen) atoms. The van der Waals surface area contributed by atoms with Crippen LogP contribution < -0.4 is 0 Å². The highest BCUT2D eigenvalue weighted by Gasteiger charge is 2.91. The Kier molecular flexibility index (Phi) is 7.77. The van der Waals surface area contributed by atoms with Crippen LogP contribution in [0.1, 0.15) is 27.7 Å². The highest BCUT2D eigenvalue weighted by molar-refractivity contribution is 5.10. The van der Waals surface area contributed by atoms with Crippen molar-refractivity contribution in [3.63, 3.8) is 0 Å². The molecule has 0 N–H and O–H groups in total. The first-order valence-electron chi connectivity index (χ1n) is 7.97. The molecule has 0 saturated carbocycles. The van der Waals surface area contributed by atoms with Crippen molar-refractivity contribution in [1.29, 1.82) is 0 Å². The molecule has 0 aliphatic rings. The SMILES string of the molecule is CC(C)(C)OC(F)(F)C(F)(F)C(F)(F)OC(F)(F)C(F)(F)C(F)(F)C(F)(F)C(F)(F)C(C)(F)F. The molecule has 20 heteroatoms. The van der Waals surface area contributed by atoms with E-state index in [9.17, 15) is 79.0 Å². The normalized spacial score (nSPS) is 16.8. The van der Waals surface area contributed by atoms with Crippen LogP contribution in [0.4, 0.5) is 79.0 Å². The van der Waals surface area contributed by atoms with Gasteiger partial charge in [0.25, 0.3) is 0 Å². The van der Waals surface area contributed by atoms with Crippen molar-refractivity contribution >= 4 is 0 Å². The van der Waals surface area contributed by atoms with Gasteiger partial charge in [0, 0.05) is 6.92 Å². The van der Waals surface area contributed by atoms with Gasteiger partial charge in [-0.3, -0.25) is 0 Å². The maximum atomic E-state index is 13.4. The third-order valence-corrected chi connectivity index (χ3v) is 3.52. The van der Waals surface area contributed by atoms with Gasteiger partial charge >= 0.3 is 53.9 Å². The van der Waals surface area contributed by atoms with Crippen molar-refractivity contribution in [1.82, 2.24) is 0 Å². The van der Waals surface area contributed by atoms with E-state index >= 15 is 0 Å². The van der Waals surface area contributed by atoms with Crippen LogP contribution >= 0.6 is 0 Å². The molecule has 0 aliphatic heterocycles. The summed E-state index contributed by atoms with van der Waals surface area (Å²) < 4.78 is 243. The van der Waals surface area contributed by atoms with Crippen LogP contribution in [0.5, 0.6) is 0 Å². The topological polar surface area (TPSA) is 18.5 Å². The Balaban J connectivity index is 6.53. The third kappa shape index (κ3) is 4.97. The fraction of sp³-hybridized carbons (Fsp3) is 1.00. The Bertz CT molecular complexity index is 730. The Hall–Kier alpha value is -1.34. The molecule has 2 nitrogen and oxygen atoms in total. The van der Waals surface area contributed by atoms with E-state index in [1.54, 1.807) is 0 Å². The summed E-state index contributed by atoms with van der Waals surface area (Å²) in [5.41, 5.74) is -2.50. The van der Waals surface area contributed by atoms with Crippen LogP contribution in [0.2, 0.25) is 0 Å². The van der Waals surface area contributed by atoms with Gasteiger partial charge < -0.3 is 4.74 Å². The van der Waals surface area contributed by atoms with E-state index in [1.807, 2.05) is 0 Å². The van der Waals surface area contributed by atoms with Crippen molar-refractivity contribution < 1.29 is 88.5 Å². The first-order chi connectivity index (χ1) is 14.2. The Morgan fingerprint density at radius 1 is 0.324 bits per heavy atom. The van der Waals surface area contributed by atoms with Crippen LogP contribution in [-0.2, 0) is 9.47 Å². The number of hydrogen-bond donors (Lipinski definition) is 0. The summed E-state index contributed by atoms with van der Waals surface area (Å²) in [6, 6.07) is 0. The van der Waals surface area contributed by atoms with Crippen LogP contribution in [0.3, 0.4) is 0 Å². The van der Waals surface area contributed by atoms with E-state index in [1.165, 1.54) is 4.74 Å². The zero-order valence-electron chi connectivity index (χ0n) is 16.6. The van der Waals surface area contributed by atoms with Crippen molar-refractivity contribution in [2.24, 2.45) is 0 Å². The van der Waals surface area contributed by atoms with Gasteiger partial charge in [-0.05, 0) is 20.8 Å². The number of alkyl halides is 18. The summed E-state index contributed by atoms with van der Waals surface area (Å²) in [4.78, 5) is 0. The van der Waals surface area contributed by atoms with Crippen molar-refractivity contribution in [2.75, 3.05) is 0 Å². The van der Waals surface area contributed by atoms with Crippen LogP contribution in [0, 0.1) is 0 Å². The van der Waals surface area contributed by atoms with Gasteiger partial charge in [0.05, 0.1) is 5.60 Å². The average molecular weight is 554 g/mol. The minimum atomic E-state index is -8.44. The second-order valence-electron chi connectivity index (χ2n) is 7.63. The molecule has 0 saturated heterocycles. The molecule has 0 bridgehead atoms. The largest absolute Gasteiger partial charge is 0.433 e. The Morgan fingerprint density at radius 3 is 0.882 bits per heavy atom. The maximum absolute atomic E-state index is 13.4. The highest BCUT2D eigenvalue weighted by Crippen LogP contribution is 2.61. The van der Waals surface area contributed by atoms with E-state index < -0.39 is 66.4 Å². The first-order valence-corrected chi connectivity index (χ1v) is 7.97. The van der Waals surface area contributed by atoms with E-state index in [4.69, 9.17) is 0 Å². The second-order valence-corrected chi connectivity index (χ2v) is 7.63. The summed E-state index contributed by atoms with van der Waals surface area (Å²) in [5, 5.41) is 0. The molecule has 0 spiro atoms. The predicted octanol–water partition coefficient (Wildman–Crippen LogP) is 7.43. The first kappa shape index (κ1) is 32.7. The molecule has 0 rings (SSSR count). The van der Waals surface area contributed by atoms with Crippen molar-refractivity contribution in [3.05, 3.63) is 0 Å². The molecular formula is C14H12F18O2. The molecule has 0 radical (unpaired) electrons. The quantitative estimate of drug-likeness (QED) is 0.262. The summed E-state index contributed by atoms with van der Waals surface area (Å²) in [6.45, 7) is 0.219. The number of ether oxygens (including phenoxy) is 2. The molecule has 0 aliphatic carbocycles. The predicted molar refractivity (Wildman–Crippen MR) is 72.1 cm³/mol. The number of hydrogen-bond acceptors (Lipinski definition) is 2. The molecule has 0 heterocycles. The lowest BCUT2D eigenvalue weighted by Crippen LogP contribution is -2.71. The molecule has 0 aromatic carbocycles. The maximum Gasteiger partial charge on any atom is 0.433 e. The lowest BCUT2D eigenvalue weighted by atomic mass is 9.94. The molecule has 0 fully saturated rings. The number of halogens is 18. The zero-order chi connectivity index (χ0) is 28.4. The van der Waals surface area contributed by atoms with Crippen LogP contribution in [-0.4, -0.2) is 59.5 Å². The lowest BCUT2D eigenvalue weighted by Gasteiger charge is -2.41. The highest BCUT2D eigenvalue weighted by atomic mass is 19.4. The zero-order valence-corrected chi connectivity index (χ0v) is 16.6. The number of rotatable bonds is 10. The minimum absolute atomic E-state index is 0.491. The summed E-state index contributed by atoms with van der Waals surface area (Å²) >= 11 is 0. The monoisotopic (exact) mass is 554 g/mol. The fourth-order valence-electron chi connectivity index (χ4n) is 1.76. The van der Waals surface area contributed by atoms with Gasteiger partial charge in [0.1, 0.15) is 0 Å². The fourth-order valence-corrected chi connectivity index (χ4v) is 1.76. The van der Waals surface area contributed by atoms with E-state index in [-0.39, 0.29) is 0 Å². The van der Waals surface area contributed by atoms with Gasteiger partial charge in [-0.1, -0.05) is 0 Å². The molecule has 0 unspecified atom stereocenters. The molecule has 0 amide bonds. The molecular weight excluding hydrogens is 542 g/mol. The Morgan fingerprint density at radius 2 is 0.588 bits per heavy atom. The molecule has 0 atom stereocenters. The standard InChI is InChI=1S/C14H12F18O2/c1-5(2,3)33-13(29,30)11(25,26)14(31,32)34-12(27,28)10(23,24)9(21,22)8(19,20)7(17,18)6(4,15)16/h1-4H3. The van der Waals surface area contributed by atoms with Gasteiger partial charge in [-0.25, -0.2) is 4.74 Å². The minimum Gasteiger partial charge on any atom is -0.310 e. The molecule has 0 aromatic rings. The smallest absolute Gasteiger partial charge is 0.310 e. The molecule has 0 aromatic heterocycles. The third-order valence-electron chi connectivity index (χ3n) is 3.52. The van der Waals surface area contributed by atoms with Gasteiger partial charge in [0.15, 0.2) is 0 Å².